The Bertz CT molecular complexity index is 1640. The van der Waals surface area contributed by atoms with Crippen molar-refractivity contribution in [2.24, 2.45) is 0 Å². The van der Waals surface area contributed by atoms with E-state index in [0.29, 0.717) is 19.3 Å². The van der Waals surface area contributed by atoms with Crippen LogP contribution in [0, 0.1) is 0 Å². The first kappa shape index (κ1) is 74.8. The Morgan fingerprint density at radius 3 is 0.861 bits per heavy atom. The third kappa shape index (κ3) is 64.5. The summed E-state index contributed by atoms with van der Waals surface area (Å²) in [5.74, 6) is -0.974. The van der Waals surface area contributed by atoms with Crippen LogP contribution >= 0.6 is 0 Å². The molecule has 79 heavy (non-hydrogen) atoms. The number of hydrogen-bond donors (Lipinski definition) is 0. The van der Waals surface area contributed by atoms with Gasteiger partial charge in [0.25, 0.3) is 0 Å². The van der Waals surface area contributed by atoms with Crippen LogP contribution in [0.5, 0.6) is 0 Å². The highest BCUT2D eigenvalue weighted by atomic mass is 16.6. The summed E-state index contributed by atoms with van der Waals surface area (Å²) in [7, 11) is 0. The molecule has 6 heteroatoms. The molecule has 0 aromatic heterocycles. The van der Waals surface area contributed by atoms with Crippen LogP contribution in [-0.2, 0) is 28.6 Å². The Morgan fingerprint density at radius 2 is 0.506 bits per heavy atom. The van der Waals surface area contributed by atoms with Crippen molar-refractivity contribution in [2.75, 3.05) is 13.2 Å². The fourth-order valence-electron chi connectivity index (χ4n) is 8.99. The molecule has 0 aromatic carbocycles. The Morgan fingerprint density at radius 1 is 0.266 bits per heavy atom. The van der Waals surface area contributed by atoms with Crippen LogP contribution < -0.4 is 0 Å². The first-order valence-electron chi connectivity index (χ1n) is 33.0. The zero-order valence-electron chi connectivity index (χ0n) is 51.6. The van der Waals surface area contributed by atoms with E-state index in [9.17, 15) is 14.4 Å². The van der Waals surface area contributed by atoms with Gasteiger partial charge in [0.2, 0.25) is 0 Å². The summed E-state index contributed by atoms with van der Waals surface area (Å²) in [6, 6.07) is 0. The molecular weight excluding hydrogens is 973 g/mol. The molecule has 0 spiro atoms. The number of ether oxygens (including phenoxy) is 3. The largest absolute Gasteiger partial charge is 0.462 e. The molecule has 6 nitrogen and oxygen atoms in total. The van der Waals surface area contributed by atoms with Crippen molar-refractivity contribution >= 4 is 17.9 Å². The topological polar surface area (TPSA) is 78.9 Å². The number of unbranched alkanes of at least 4 members (excludes halogenated alkanes) is 28. The van der Waals surface area contributed by atoms with Gasteiger partial charge in [0.15, 0.2) is 6.10 Å². The maximum atomic E-state index is 12.9. The molecule has 0 aliphatic rings. The molecule has 1 unspecified atom stereocenters. The highest BCUT2D eigenvalue weighted by Crippen LogP contribution is 2.16. The first-order valence-corrected chi connectivity index (χ1v) is 33.0. The van der Waals surface area contributed by atoms with Gasteiger partial charge in [-0.15, -0.1) is 0 Å². The zero-order chi connectivity index (χ0) is 57.1. The lowest BCUT2D eigenvalue weighted by Gasteiger charge is -2.18. The zero-order valence-corrected chi connectivity index (χ0v) is 51.6. The highest BCUT2D eigenvalue weighted by Gasteiger charge is 2.19. The molecule has 0 aliphatic heterocycles. The predicted molar refractivity (Wildman–Crippen MR) is 343 cm³/mol. The van der Waals surface area contributed by atoms with Crippen LogP contribution in [0.15, 0.2) is 122 Å². The van der Waals surface area contributed by atoms with E-state index in [1.807, 2.05) is 0 Å². The smallest absolute Gasteiger partial charge is 0.306 e. The lowest BCUT2D eigenvalue weighted by Crippen LogP contribution is -2.30. The van der Waals surface area contributed by atoms with Crippen LogP contribution in [-0.4, -0.2) is 37.2 Å². The fourth-order valence-corrected chi connectivity index (χ4v) is 8.99. The molecule has 0 saturated carbocycles. The van der Waals surface area contributed by atoms with E-state index in [2.05, 4.69) is 142 Å². The third-order valence-corrected chi connectivity index (χ3v) is 13.9. The Balaban J connectivity index is 4.47. The Hall–Kier alpha value is -4.19. The van der Waals surface area contributed by atoms with E-state index in [4.69, 9.17) is 14.2 Å². The first-order chi connectivity index (χ1) is 39.0. The van der Waals surface area contributed by atoms with Gasteiger partial charge in [0.1, 0.15) is 13.2 Å². The van der Waals surface area contributed by atoms with Crippen molar-refractivity contribution in [3.63, 3.8) is 0 Å². The monoisotopic (exact) mass is 1090 g/mol. The average Bonchev–Trinajstić information content (AvgIpc) is 3.45. The van der Waals surface area contributed by atoms with E-state index < -0.39 is 6.10 Å². The quantitative estimate of drug-likeness (QED) is 0.0261. The van der Waals surface area contributed by atoms with Gasteiger partial charge in [-0.25, -0.2) is 0 Å². The van der Waals surface area contributed by atoms with Crippen molar-refractivity contribution < 1.29 is 28.6 Å². The number of hydrogen-bond acceptors (Lipinski definition) is 6. The summed E-state index contributed by atoms with van der Waals surface area (Å²) in [6.07, 6.45) is 92.1. The SMILES string of the molecule is CC/C=C\C/C=C\C/C=C\C/C=C\C/C=C\C/C=C\C/C=C\CCCC(=O)OCC(COC(=O)CCCCCCC/C=C\C/C=C\CCCCC)OC(=O)CCCCCCCCCCCCC/C=C\CCCCCCCCCC. The van der Waals surface area contributed by atoms with Crippen molar-refractivity contribution in [3.05, 3.63) is 122 Å². The Labute approximate surface area is 488 Å². The maximum Gasteiger partial charge on any atom is 0.306 e. The van der Waals surface area contributed by atoms with E-state index in [-0.39, 0.29) is 37.5 Å². The molecule has 0 rings (SSSR count). The second-order valence-electron chi connectivity index (χ2n) is 21.6. The summed E-state index contributed by atoms with van der Waals surface area (Å²) < 4.78 is 16.9. The van der Waals surface area contributed by atoms with Crippen molar-refractivity contribution in [1.82, 2.24) is 0 Å². The molecule has 450 valence electrons. The van der Waals surface area contributed by atoms with Gasteiger partial charge >= 0.3 is 17.9 Å². The molecule has 0 fully saturated rings. The van der Waals surface area contributed by atoms with Crippen LogP contribution in [0.4, 0.5) is 0 Å². The van der Waals surface area contributed by atoms with Crippen molar-refractivity contribution in [2.45, 2.75) is 309 Å². The van der Waals surface area contributed by atoms with Crippen LogP contribution in [0.1, 0.15) is 303 Å². The summed E-state index contributed by atoms with van der Waals surface area (Å²) in [5.41, 5.74) is 0. The number of esters is 3. The molecule has 0 amide bonds. The second-order valence-corrected chi connectivity index (χ2v) is 21.6. The summed E-state index contributed by atoms with van der Waals surface area (Å²) >= 11 is 0. The number of carbonyl (C=O) groups is 3. The molecule has 0 bridgehead atoms. The van der Waals surface area contributed by atoms with Gasteiger partial charge in [0.05, 0.1) is 0 Å². The normalized spacial score (nSPS) is 12.9. The minimum Gasteiger partial charge on any atom is -0.462 e. The van der Waals surface area contributed by atoms with Gasteiger partial charge in [-0.05, 0) is 128 Å². The fraction of sp³-hybridized carbons (Fsp3) is 0.685. The third-order valence-electron chi connectivity index (χ3n) is 13.9. The lowest BCUT2D eigenvalue weighted by molar-refractivity contribution is -0.167. The standard InChI is InChI=1S/C73H122O6/c1-4-7-10-13-16-19-22-25-28-30-32-34-36-38-40-42-45-48-51-54-57-60-63-66-72(75)78-69-70(68-77-71(74)65-62-59-56-53-50-47-44-27-24-21-18-15-12-9-6-3)79-73(76)67-64-61-58-55-52-49-46-43-41-39-37-35-33-31-29-26-23-20-17-14-11-8-5-2/h7,10,16,18-19,21,25,27-28,31-34,38,40,44-45,48,54,57,70H,4-6,8-9,11-15,17,20,22-24,26,29-30,35-37,39,41-43,46-47,49-53,55-56,58-69H2,1-3H3/b10-7-,19-16-,21-18-,28-25-,33-31-,34-32-,40-38-,44-27-,48-45-,57-54-. The predicted octanol–water partition coefficient (Wildman–Crippen LogP) is 22.8. The highest BCUT2D eigenvalue weighted by molar-refractivity contribution is 5.71. The number of allylic oxidation sites excluding steroid dienone is 20. The maximum absolute atomic E-state index is 12.9. The van der Waals surface area contributed by atoms with Crippen LogP contribution in [0.25, 0.3) is 0 Å². The lowest BCUT2D eigenvalue weighted by atomic mass is 10.0. The van der Waals surface area contributed by atoms with Gasteiger partial charge in [-0.3, -0.25) is 14.4 Å². The molecular formula is C73H122O6. The number of carbonyl (C=O) groups excluding carboxylic acids is 3. The Kier molecular flexibility index (Phi) is 62.8. The van der Waals surface area contributed by atoms with E-state index in [0.717, 1.165) is 116 Å². The summed E-state index contributed by atoms with van der Waals surface area (Å²) in [4.78, 5) is 38.3. The average molecular weight is 1100 g/mol. The van der Waals surface area contributed by atoms with Gasteiger partial charge in [-0.1, -0.05) is 277 Å². The van der Waals surface area contributed by atoms with E-state index in [1.54, 1.807) is 0 Å². The second kappa shape index (κ2) is 66.3. The summed E-state index contributed by atoms with van der Waals surface area (Å²) in [6.45, 7) is 6.46. The summed E-state index contributed by atoms with van der Waals surface area (Å²) in [5, 5.41) is 0. The molecule has 0 aliphatic carbocycles. The molecule has 0 aromatic rings. The van der Waals surface area contributed by atoms with Gasteiger partial charge in [-0.2, -0.15) is 0 Å². The minimum atomic E-state index is -0.813. The van der Waals surface area contributed by atoms with Gasteiger partial charge in [0, 0.05) is 19.3 Å². The minimum absolute atomic E-state index is 0.105. The van der Waals surface area contributed by atoms with Crippen molar-refractivity contribution in [1.29, 1.82) is 0 Å². The van der Waals surface area contributed by atoms with Gasteiger partial charge < -0.3 is 14.2 Å². The van der Waals surface area contributed by atoms with Crippen molar-refractivity contribution in [3.8, 4) is 0 Å². The molecule has 0 N–H and O–H groups in total. The van der Waals surface area contributed by atoms with E-state index >= 15 is 0 Å². The molecule has 0 saturated heterocycles. The molecule has 0 radical (unpaired) electrons. The molecule has 0 heterocycles. The van der Waals surface area contributed by atoms with Crippen LogP contribution in [0.2, 0.25) is 0 Å². The van der Waals surface area contributed by atoms with E-state index in [1.165, 1.54) is 141 Å². The number of rotatable bonds is 59. The molecule has 1 atom stereocenters. The van der Waals surface area contributed by atoms with Crippen LogP contribution in [0.3, 0.4) is 0 Å².